The van der Waals surface area contributed by atoms with E-state index >= 15 is 0 Å². The molecule has 1 aliphatic heterocycles. The van der Waals surface area contributed by atoms with Crippen LogP contribution in [0.15, 0.2) is 48.7 Å². The second kappa shape index (κ2) is 12.2. The molecule has 0 aliphatic carbocycles. The van der Waals surface area contributed by atoms with E-state index in [1.54, 1.807) is 6.07 Å². The van der Waals surface area contributed by atoms with E-state index in [-0.39, 0.29) is 41.8 Å². The van der Waals surface area contributed by atoms with Gasteiger partial charge >= 0.3 is 18.4 Å². The molecule has 4 rings (SSSR count). The summed E-state index contributed by atoms with van der Waals surface area (Å²) in [6.45, 7) is 0.840. The van der Waals surface area contributed by atoms with Gasteiger partial charge in [0.1, 0.15) is 12.5 Å². The van der Waals surface area contributed by atoms with Crippen LogP contribution < -0.4 is 9.47 Å². The van der Waals surface area contributed by atoms with E-state index < -0.39 is 29.6 Å². The number of aryl methyl sites for hydroxylation is 1. The SMILES string of the molecule is O=C(Oc1ncc(-c2ccc(OCCCCCc3ccccc3C(F)(F)F)c(C(F)(F)F)c2)s1)N1CCOC1. The molecule has 0 saturated carbocycles. The molecule has 1 aliphatic rings. The molecule has 1 fully saturated rings. The number of thiazole rings is 1. The molecule has 13 heteroatoms. The Bertz CT molecular complexity index is 1270. The Morgan fingerprint density at radius 1 is 1.00 bits per heavy atom. The minimum absolute atomic E-state index is 0.00589. The van der Waals surface area contributed by atoms with E-state index in [9.17, 15) is 31.1 Å². The maximum absolute atomic E-state index is 13.8. The molecule has 6 nitrogen and oxygen atoms in total. The number of unbranched alkanes of at least 4 members (excludes halogenated alkanes) is 2. The predicted molar refractivity (Wildman–Crippen MR) is 131 cm³/mol. The van der Waals surface area contributed by atoms with Crippen molar-refractivity contribution in [1.82, 2.24) is 9.88 Å². The Labute approximate surface area is 224 Å². The first-order valence-corrected chi connectivity index (χ1v) is 12.8. The van der Waals surface area contributed by atoms with Crippen molar-refractivity contribution < 1.29 is 45.3 Å². The van der Waals surface area contributed by atoms with Gasteiger partial charge in [-0.25, -0.2) is 9.78 Å². The molecule has 0 radical (unpaired) electrons. The zero-order valence-corrected chi connectivity index (χ0v) is 21.3. The summed E-state index contributed by atoms with van der Waals surface area (Å²) in [6, 6.07) is 8.93. The number of amides is 1. The molecule has 0 atom stereocenters. The first-order valence-electron chi connectivity index (χ1n) is 12.0. The van der Waals surface area contributed by atoms with E-state index in [0.29, 0.717) is 37.3 Å². The lowest BCUT2D eigenvalue weighted by atomic mass is 10.0. The van der Waals surface area contributed by atoms with E-state index in [1.165, 1.54) is 35.4 Å². The van der Waals surface area contributed by atoms with E-state index in [1.807, 2.05) is 0 Å². The van der Waals surface area contributed by atoms with Crippen LogP contribution in [0, 0.1) is 0 Å². The van der Waals surface area contributed by atoms with Crippen LogP contribution in [0.2, 0.25) is 0 Å². The van der Waals surface area contributed by atoms with E-state index in [2.05, 4.69) is 4.98 Å². The summed E-state index contributed by atoms with van der Waals surface area (Å²) < 4.78 is 96.3. The molecule has 1 amide bonds. The normalized spacial score (nSPS) is 14.1. The van der Waals surface area contributed by atoms with Crippen molar-refractivity contribution in [2.24, 2.45) is 0 Å². The highest BCUT2D eigenvalue weighted by Crippen LogP contribution is 2.40. The second-order valence-electron chi connectivity index (χ2n) is 8.68. The van der Waals surface area contributed by atoms with Crippen LogP contribution >= 0.6 is 11.3 Å². The largest absolute Gasteiger partial charge is 0.493 e. The molecule has 2 aromatic carbocycles. The second-order valence-corrected chi connectivity index (χ2v) is 9.68. The Kier molecular flexibility index (Phi) is 9.01. The predicted octanol–water partition coefficient (Wildman–Crippen LogP) is 7.43. The van der Waals surface area contributed by atoms with Gasteiger partial charge in [0, 0.05) is 12.7 Å². The van der Waals surface area contributed by atoms with Gasteiger partial charge in [0.2, 0.25) is 0 Å². The molecular weight excluding hydrogens is 550 g/mol. The third-order valence-corrected chi connectivity index (χ3v) is 6.83. The van der Waals surface area contributed by atoms with Crippen LogP contribution in [0.4, 0.5) is 31.1 Å². The Hall–Kier alpha value is -3.32. The summed E-state index contributed by atoms with van der Waals surface area (Å²) in [6.07, 6.45) is -6.97. The highest BCUT2D eigenvalue weighted by molar-refractivity contribution is 7.16. The lowest BCUT2D eigenvalue weighted by Crippen LogP contribution is -2.30. The highest BCUT2D eigenvalue weighted by Gasteiger charge is 2.35. The molecule has 1 saturated heterocycles. The molecule has 0 bridgehead atoms. The van der Waals surface area contributed by atoms with Crippen LogP contribution in [-0.2, 0) is 23.5 Å². The number of halogens is 6. The van der Waals surface area contributed by atoms with Crippen molar-refractivity contribution in [2.75, 3.05) is 26.5 Å². The standard InChI is InChI=1S/C26H24F6N2O4S/c27-25(28,29)19-8-4-3-7-17(19)6-2-1-5-12-37-21-10-9-18(14-20(21)26(30,31)32)22-15-33-23(39-22)38-24(35)34-11-13-36-16-34/h3-4,7-10,14-15H,1-2,5-6,11-13,16H2. The van der Waals surface area contributed by atoms with Gasteiger partial charge in [-0.15, -0.1) is 0 Å². The Morgan fingerprint density at radius 3 is 2.49 bits per heavy atom. The number of alkyl halides is 6. The van der Waals surface area contributed by atoms with E-state index in [4.69, 9.17) is 14.2 Å². The zero-order valence-electron chi connectivity index (χ0n) is 20.5. The van der Waals surface area contributed by atoms with Crippen molar-refractivity contribution in [3.05, 3.63) is 65.4 Å². The van der Waals surface area contributed by atoms with E-state index in [0.717, 1.165) is 23.5 Å². The molecule has 210 valence electrons. The van der Waals surface area contributed by atoms with Gasteiger partial charge in [0.15, 0.2) is 0 Å². The Morgan fingerprint density at radius 2 is 1.77 bits per heavy atom. The fourth-order valence-electron chi connectivity index (χ4n) is 3.96. The summed E-state index contributed by atoms with van der Waals surface area (Å²) in [4.78, 5) is 17.7. The lowest BCUT2D eigenvalue weighted by molar-refractivity contribution is -0.139. The van der Waals surface area contributed by atoms with Crippen molar-refractivity contribution in [2.45, 2.75) is 38.0 Å². The number of carbonyl (C=O) groups is 1. The summed E-state index contributed by atoms with van der Waals surface area (Å²) in [7, 11) is 0. The number of hydrogen-bond donors (Lipinski definition) is 0. The molecular formula is C26H24F6N2O4S. The average molecular weight is 575 g/mol. The molecule has 0 N–H and O–H groups in total. The first-order chi connectivity index (χ1) is 18.5. The molecule has 2 heterocycles. The molecule has 39 heavy (non-hydrogen) atoms. The summed E-state index contributed by atoms with van der Waals surface area (Å²) in [5.41, 5.74) is -1.24. The van der Waals surface area contributed by atoms with Gasteiger partial charge in [-0.05, 0) is 61.1 Å². The fourth-order valence-corrected chi connectivity index (χ4v) is 4.71. The van der Waals surface area contributed by atoms with Gasteiger partial charge in [-0.1, -0.05) is 29.5 Å². The van der Waals surface area contributed by atoms with Crippen LogP contribution in [0.1, 0.15) is 36.0 Å². The monoisotopic (exact) mass is 574 g/mol. The molecule has 0 spiro atoms. The topological polar surface area (TPSA) is 60.9 Å². The van der Waals surface area contributed by atoms with Gasteiger partial charge in [0.05, 0.1) is 29.2 Å². The number of hydrogen-bond acceptors (Lipinski definition) is 6. The number of nitrogens with zero attached hydrogens (tertiary/aromatic N) is 2. The van der Waals surface area contributed by atoms with Crippen LogP contribution in [0.25, 0.3) is 10.4 Å². The summed E-state index contributed by atoms with van der Waals surface area (Å²) >= 11 is 0.926. The van der Waals surface area contributed by atoms with Crippen molar-refractivity contribution >= 4 is 17.4 Å². The zero-order chi connectivity index (χ0) is 28.0. The third kappa shape index (κ3) is 7.63. The fraction of sp³-hybridized carbons (Fsp3) is 0.385. The maximum atomic E-state index is 13.8. The minimum atomic E-state index is -4.69. The number of ether oxygens (including phenoxy) is 3. The number of rotatable bonds is 9. The average Bonchev–Trinajstić information content (AvgIpc) is 3.58. The third-order valence-electron chi connectivity index (χ3n) is 5.91. The molecule has 0 unspecified atom stereocenters. The van der Waals surface area contributed by atoms with Gasteiger partial charge in [0.25, 0.3) is 5.19 Å². The maximum Gasteiger partial charge on any atom is 0.419 e. The quantitative estimate of drug-likeness (QED) is 0.197. The lowest BCUT2D eigenvalue weighted by Gasteiger charge is -2.15. The first kappa shape index (κ1) is 28.7. The van der Waals surface area contributed by atoms with Crippen LogP contribution in [0.5, 0.6) is 10.9 Å². The van der Waals surface area contributed by atoms with Crippen molar-refractivity contribution in [3.8, 4) is 21.4 Å². The molecule has 3 aromatic rings. The summed E-state index contributed by atoms with van der Waals surface area (Å²) in [5.74, 6) is -0.348. The smallest absolute Gasteiger partial charge is 0.419 e. The Balaban J connectivity index is 1.33. The van der Waals surface area contributed by atoms with Gasteiger partial charge in [-0.2, -0.15) is 26.3 Å². The molecule has 1 aromatic heterocycles. The highest BCUT2D eigenvalue weighted by atomic mass is 32.1. The summed E-state index contributed by atoms with van der Waals surface area (Å²) in [5, 5.41) is -0.00589. The van der Waals surface area contributed by atoms with Crippen molar-refractivity contribution in [3.63, 3.8) is 0 Å². The van der Waals surface area contributed by atoms with Crippen LogP contribution in [-0.4, -0.2) is 42.5 Å². The van der Waals surface area contributed by atoms with Crippen LogP contribution in [0.3, 0.4) is 0 Å². The number of aromatic nitrogens is 1. The minimum Gasteiger partial charge on any atom is -0.493 e. The number of benzene rings is 2. The number of carbonyl (C=O) groups excluding carboxylic acids is 1. The van der Waals surface area contributed by atoms with Gasteiger partial charge in [-0.3, -0.25) is 4.90 Å². The van der Waals surface area contributed by atoms with Crippen molar-refractivity contribution in [1.29, 1.82) is 0 Å². The van der Waals surface area contributed by atoms with Gasteiger partial charge < -0.3 is 14.2 Å².